The lowest BCUT2D eigenvalue weighted by Crippen LogP contribution is -2.46. The Morgan fingerprint density at radius 3 is 2.40 bits per heavy atom. The van der Waals surface area contributed by atoms with Crippen LogP contribution in [0.2, 0.25) is 0 Å². The number of aromatic nitrogens is 3. The van der Waals surface area contributed by atoms with Gasteiger partial charge in [0.1, 0.15) is 12.1 Å². The largest absolute Gasteiger partial charge is 0.573 e. The molecule has 3 aromatic carbocycles. The summed E-state index contributed by atoms with van der Waals surface area (Å²) in [6, 6.07) is 18.7. The normalized spacial score (nSPS) is 11.3. The lowest BCUT2D eigenvalue weighted by Gasteiger charge is -2.25. The first-order valence-corrected chi connectivity index (χ1v) is 13.6. The van der Waals surface area contributed by atoms with Gasteiger partial charge in [0.05, 0.1) is 5.69 Å². The summed E-state index contributed by atoms with van der Waals surface area (Å²) < 4.78 is 42.5. The molecule has 2 N–H and O–H groups in total. The number of halogens is 3. The molecule has 2 amide bonds. The molecule has 0 saturated carbocycles. The highest BCUT2D eigenvalue weighted by Gasteiger charge is 2.31. The zero-order valence-corrected chi connectivity index (χ0v) is 24.4. The van der Waals surface area contributed by atoms with Crippen LogP contribution in [0.25, 0.3) is 17.1 Å². The van der Waals surface area contributed by atoms with E-state index in [2.05, 4.69) is 57.5 Å². The summed E-state index contributed by atoms with van der Waals surface area (Å²) in [7, 11) is 1.84. The molecule has 0 aliphatic rings. The smallest absolute Gasteiger partial charge is 0.406 e. The van der Waals surface area contributed by atoms with E-state index in [9.17, 15) is 18.0 Å². The summed E-state index contributed by atoms with van der Waals surface area (Å²) in [5.41, 5.74) is 5.52. The molecule has 0 fully saturated rings. The summed E-state index contributed by atoms with van der Waals surface area (Å²) in [5, 5.41) is 10.3. The van der Waals surface area contributed by atoms with Gasteiger partial charge in [-0.2, -0.15) is 0 Å². The molecule has 0 saturated heterocycles. The number of alkyl halides is 3. The maximum absolute atomic E-state index is 12.5. The number of benzene rings is 3. The summed E-state index contributed by atoms with van der Waals surface area (Å²) in [4.78, 5) is 18.6. The highest BCUT2D eigenvalue weighted by molar-refractivity contribution is 7.80. The van der Waals surface area contributed by atoms with Gasteiger partial charge in [-0.25, -0.2) is 14.5 Å². The van der Waals surface area contributed by atoms with E-state index < -0.39 is 6.36 Å². The van der Waals surface area contributed by atoms with Crippen molar-refractivity contribution in [2.45, 2.75) is 39.5 Å². The molecular formula is C30H31F3N6O2S. The minimum absolute atomic E-state index is 0.306. The van der Waals surface area contributed by atoms with Crippen LogP contribution in [-0.4, -0.2) is 45.9 Å². The second kappa shape index (κ2) is 13.0. The molecule has 0 radical (unpaired) electrons. The first-order chi connectivity index (χ1) is 19.9. The number of amides is 2. The zero-order valence-electron chi connectivity index (χ0n) is 23.6. The molecule has 0 atom stereocenters. The number of nitrogens with zero attached hydrogens (tertiary/aromatic N) is 4. The minimum Gasteiger partial charge on any atom is -0.406 e. The second-order valence-electron chi connectivity index (χ2n) is 9.96. The van der Waals surface area contributed by atoms with Crippen LogP contribution in [0, 0.1) is 6.92 Å². The molecule has 4 aromatic rings. The molecule has 0 aliphatic carbocycles. The number of nitrogens with one attached hydrogen (secondary N) is 2. The first kappa shape index (κ1) is 30.5. The number of hydrogen-bond donors (Lipinski definition) is 2. The predicted molar refractivity (Wildman–Crippen MR) is 160 cm³/mol. The van der Waals surface area contributed by atoms with E-state index in [1.807, 2.05) is 43.1 Å². The van der Waals surface area contributed by atoms with Gasteiger partial charge in [0.2, 0.25) is 0 Å². The molecule has 42 heavy (non-hydrogen) atoms. The van der Waals surface area contributed by atoms with Gasteiger partial charge in [-0.05, 0) is 78.5 Å². The Morgan fingerprint density at radius 2 is 1.76 bits per heavy atom. The Labute approximate surface area is 247 Å². The second-order valence-corrected chi connectivity index (χ2v) is 10.4. The molecule has 8 nitrogen and oxygen atoms in total. The maximum Gasteiger partial charge on any atom is 0.573 e. The number of carbonyl (C=O) groups excluding carboxylic acids is 1. The number of ether oxygens (including phenoxy) is 1. The third-order valence-electron chi connectivity index (χ3n) is 6.43. The topological polar surface area (TPSA) is 84.3 Å². The van der Waals surface area contributed by atoms with Crippen LogP contribution in [0.5, 0.6) is 5.75 Å². The van der Waals surface area contributed by atoms with Crippen LogP contribution >= 0.6 is 12.2 Å². The van der Waals surface area contributed by atoms with Gasteiger partial charge in [0, 0.05) is 24.8 Å². The number of anilines is 1. The van der Waals surface area contributed by atoms with E-state index in [0.29, 0.717) is 35.5 Å². The van der Waals surface area contributed by atoms with Crippen molar-refractivity contribution in [2.75, 3.05) is 18.5 Å². The van der Waals surface area contributed by atoms with E-state index in [-0.39, 0.29) is 11.8 Å². The third-order valence-corrected chi connectivity index (χ3v) is 6.81. The van der Waals surface area contributed by atoms with Crippen LogP contribution in [0.4, 0.5) is 23.7 Å². The van der Waals surface area contributed by atoms with Crippen molar-refractivity contribution >= 4 is 29.0 Å². The molecule has 0 spiro atoms. The number of urea groups is 1. The Balaban J connectivity index is 1.27. The SMILES string of the molecule is Cc1ccc(C(C)C)c(N(C)C(=S)NC(=O)NCCc2ccc(-c3ncn(-c4ccc(OC(F)(F)F)cc4)n3)cc2)c1. The maximum atomic E-state index is 12.5. The van der Waals surface area contributed by atoms with Crippen molar-refractivity contribution in [1.29, 1.82) is 0 Å². The van der Waals surface area contributed by atoms with E-state index in [1.165, 1.54) is 35.3 Å². The summed E-state index contributed by atoms with van der Waals surface area (Å²) >= 11 is 5.48. The molecule has 220 valence electrons. The third kappa shape index (κ3) is 8.06. The molecule has 0 aliphatic heterocycles. The lowest BCUT2D eigenvalue weighted by molar-refractivity contribution is -0.274. The molecule has 0 unspecified atom stereocenters. The fraction of sp³-hybridized carbons (Fsp3) is 0.267. The van der Waals surface area contributed by atoms with Gasteiger partial charge in [0.25, 0.3) is 0 Å². The van der Waals surface area contributed by atoms with E-state index in [0.717, 1.165) is 27.9 Å². The van der Waals surface area contributed by atoms with E-state index in [1.54, 1.807) is 0 Å². The van der Waals surface area contributed by atoms with Gasteiger partial charge in [-0.3, -0.25) is 5.32 Å². The van der Waals surface area contributed by atoms with E-state index in [4.69, 9.17) is 12.2 Å². The molecule has 0 bridgehead atoms. The van der Waals surface area contributed by atoms with E-state index >= 15 is 0 Å². The highest BCUT2D eigenvalue weighted by Crippen LogP contribution is 2.28. The monoisotopic (exact) mass is 596 g/mol. The van der Waals surface area contributed by atoms with Gasteiger partial charge in [-0.1, -0.05) is 50.2 Å². The number of rotatable bonds is 8. The van der Waals surface area contributed by atoms with Crippen LogP contribution in [-0.2, 0) is 6.42 Å². The predicted octanol–water partition coefficient (Wildman–Crippen LogP) is 6.53. The summed E-state index contributed by atoms with van der Waals surface area (Å²) in [6.45, 7) is 6.65. The quantitative estimate of drug-likeness (QED) is 0.225. The van der Waals surface area contributed by atoms with Crippen molar-refractivity contribution < 1.29 is 22.7 Å². The minimum atomic E-state index is -4.75. The zero-order chi connectivity index (χ0) is 30.4. The Bertz CT molecular complexity index is 1540. The van der Waals surface area contributed by atoms with Crippen molar-refractivity contribution in [3.05, 3.63) is 89.7 Å². The number of aryl methyl sites for hydroxylation is 1. The number of thiocarbonyl (C=S) groups is 1. The molecular weight excluding hydrogens is 565 g/mol. The molecule has 12 heteroatoms. The van der Waals surface area contributed by atoms with Crippen molar-refractivity contribution in [3.63, 3.8) is 0 Å². The molecule has 1 heterocycles. The van der Waals surface area contributed by atoms with Crippen LogP contribution in [0.15, 0.2) is 73.1 Å². The van der Waals surface area contributed by atoms with Crippen molar-refractivity contribution in [3.8, 4) is 22.8 Å². The summed E-state index contributed by atoms with van der Waals surface area (Å²) in [6.07, 6.45) is -2.67. The molecule has 1 aromatic heterocycles. The van der Waals surface area contributed by atoms with Gasteiger partial charge < -0.3 is 15.0 Å². The molecule has 4 rings (SSSR count). The fourth-order valence-electron chi connectivity index (χ4n) is 4.23. The summed E-state index contributed by atoms with van der Waals surface area (Å²) in [5.74, 6) is 0.452. The van der Waals surface area contributed by atoms with Crippen LogP contribution in [0.1, 0.15) is 36.5 Å². The van der Waals surface area contributed by atoms with Crippen LogP contribution < -0.4 is 20.3 Å². The Hall–Kier alpha value is -4.45. The van der Waals surface area contributed by atoms with Gasteiger partial charge in [-0.15, -0.1) is 18.3 Å². The first-order valence-electron chi connectivity index (χ1n) is 13.2. The van der Waals surface area contributed by atoms with Gasteiger partial charge in [0.15, 0.2) is 10.9 Å². The van der Waals surface area contributed by atoms with Crippen molar-refractivity contribution in [1.82, 2.24) is 25.4 Å². The standard InChI is InChI=1S/C30H31F3N6O2S/c1-19(2)25-14-5-20(3)17-26(25)38(4)29(42)36-28(40)34-16-15-21-6-8-22(9-7-21)27-35-18-39(37-27)23-10-12-24(13-11-23)41-30(31,32)33/h5-14,17-19H,15-16H2,1-4H3,(H2,34,36,40,42). The number of hydrogen-bond acceptors (Lipinski definition) is 5. The van der Waals surface area contributed by atoms with Crippen LogP contribution in [0.3, 0.4) is 0 Å². The fourth-order valence-corrected chi connectivity index (χ4v) is 4.42. The lowest BCUT2D eigenvalue weighted by atomic mass is 9.99. The Kier molecular flexibility index (Phi) is 9.46. The highest BCUT2D eigenvalue weighted by atomic mass is 32.1. The van der Waals surface area contributed by atoms with Gasteiger partial charge >= 0.3 is 12.4 Å². The average Bonchev–Trinajstić information content (AvgIpc) is 3.42. The average molecular weight is 597 g/mol. The number of carbonyl (C=O) groups is 1. The Morgan fingerprint density at radius 1 is 1.07 bits per heavy atom. The van der Waals surface area contributed by atoms with Crippen molar-refractivity contribution in [2.24, 2.45) is 0 Å².